The van der Waals surface area contributed by atoms with E-state index in [4.69, 9.17) is 0 Å². The Morgan fingerprint density at radius 3 is 1.67 bits per heavy atom. The molecule has 0 spiro atoms. The minimum absolute atomic E-state index is 1.23. The third-order valence-electron chi connectivity index (χ3n) is 1.39. The first kappa shape index (κ1) is 9.13. The van der Waals surface area contributed by atoms with E-state index in [1.807, 2.05) is 0 Å². The van der Waals surface area contributed by atoms with Crippen LogP contribution < -0.4 is 0 Å². The zero-order valence-electron chi connectivity index (χ0n) is 6.69. The Bertz CT molecular complexity index is 40.2. The van der Waals surface area contributed by atoms with Crippen LogP contribution in [0.3, 0.4) is 0 Å². The van der Waals surface area contributed by atoms with Gasteiger partial charge >= 0.3 is 0 Å². The molecule has 0 bridgehead atoms. The van der Waals surface area contributed by atoms with Crippen molar-refractivity contribution in [2.45, 2.75) is 45.5 Å². The van der Waals surface area contributed by atoms with Gasteiger partial charge < -0.3 is 0 Å². The smallest absolute Gasteiger partial charge is 0.0831 e. The van der Waals surface area contributed by atoms with Crippen LogP contribution in [0, 0.1) is 0 Å². The molecule has 0 amide bonds. The molecule has 0 heterocycles. The average molecular weight is 122 g/mol. The van der Waals surface area contributed by atoms with Crippen LogP contribution in [0.15, 0.2) is 0 Å². The molecule has 50 valence electrons. The molecule has 0 aromatic carbocycles. The topological polar surface area (TPSA) is 0 Å². The molecule has 0 aliphatic rings. The summed E-state index contributed by atoms with van der Waals surface area (Å²) in [5.74, 6) is 0. The van der Waals surface area contributed by atoms with E-state index in [1.54, 1.807) is 0 Å². The third kappa shape index (κ3) is 8.13. The van der Waals surface area contributed by atoms with Gasteiger partial charge in [-0.15, -0.1) is 0 Å². The molecule has 0 saturated heterocycles. The maximum atomic E-state index is 2.35. The molecular weight excluding hydrogens is 106 g/mol. The molecule has 0 atom stereocenters. The summed E-state index contributed by atoms with van der Waals surface area (Å²) >= 11 is 0. The van der Waals surface area contributed by atoms with Crippen LogP contribution >= 0.6 is 0 Å². The van der Waals surface area contributed by atoms with Crippen molar-refractivity contribution in [1.29, 1.82) is 0 Å². The van der Waals surface area contributed by atoms with E-state index >= 15 is 0 Å². The average Bonchev–Trinajstić information content (AvgIpc) is 1.89. The molecule has 0 aliphatic heterocycles. The largest absolute Gasteiger partial charge is 0.109 e. The van der Waals surface area contributed by atoms with Crippen LogP contribution in [0.1, 0.15) is 20.3 Å². The van der Waals surface area contributed by atoms with Crippen molar-refractivity contribution >= 4 is 14.6 Å². The lowest BCUT2D eigenvalue weighted by Crippen LogP contribution is -1.89. The van der Waals surface area contributed by atoms with E-state index in [9.17, 15) is 0 Å². The molecule has 2 heteroatoms. The molecular formula is C7H16B2. The van der Waals surface area contributed by atoms with Crippen molar-refractivity contribution in [2.24, 2.45) is 0 Å². The molecule has 0 aliphatic carbocycles. The Morgan fingerprint density at radius 1 is 0.889 bits per heavy atom. The van der Waals surface area contributed by atoms with E-state index < -0.39 is 0 Å². The fourth-order valence-corrected chi connectivity index (χ4v) is 0.815. The van der Waals surface area contributed by atoms with E-state index in [2.05, 4.69) is 28.4 Å². The van der Waals surface area contributed by atoms with Crippen LogP contribution in [-0.4, -0.2) is 14.6 Å². The highest BCUT2D eigenvalue weighted by Gasteiger charge is 1.88. The Morgan fingerprint density at radius 2 is 1.33 bits per heavy atom. The van der Waals surface area contributed by atoms with Gasteiger partial charge in [0.2, 0.25) is 0 Å². The molecule has 0 aromatic rings. The highest BCUT2D eigenvalue weighted by molar-refractivity contribution is 6.37. The Hall–Kier alpha value is 0.130. The predicted molar refractivity (Wildman–Crippen MR) is 46.7 cm³/mol. The van der Waals surface area contributed by atoms with Gasteiger partial charge in [0.05, 0.1) is 0 Å². The van der Waals surface area contributed by atoms with Gasteiger partial charge in [0.15, 0.2) is 0 Å². The molecule has 0 rings (SSSR count). The Kier molecular flexibility index (Phi) is 8.25. The molecule has 9 heavy (non-hydrogen) atoms. The van der Waals surface area contributed by atoms with Gasteiger partial charge in [-0.3, -0.25) is 0 Å². The molecule has 0 N–H and O–H groups in total. The molecule has 2 radical (unpaired) electrons. The van der Waals surface area contributed by atoms with Gasteiger partial charge in [-0.05, 0) is 0 Å². The van der Waals surface area contributed by atoms with E-state index in [0.29, 0.717) is 0 Å². The summed E-state index contributed by atoms with van der Waals surface area (Å²) in [6.07, 6.45) is 6.40. The first-order valence-electron chi connectivity index (χ1n) is 4.05. The normalized spacial score (nSPS) is 9.11. The fraction of sp³-hybridized carbons (Fsp3) is 1.00. The van der Waals surface area contributed by atoms with Crippen molar-refractivity contribution in [3.05, 3.63) is 0 Å². The summed E-state index contributed by atoms with van der Waals surface area (Å²) in [4.78, 5) is 0. The molecule has 0 nitrogen and oxygen atoms in total. The fourth-order valence-electron chi connectivity index (χ4n) is 0.815. The van der Waals surface area contributed by atoms with Crippen molar-refractivity contribution < 1.29 is 0 Å². The van der Waals surface area contributed by atoms with Crippen LogP contribution in [0.5, 0.6) is 0 Å². The van der Waals surface area contributed by atoms with Crippen molar-refractivity contribution in [2.75, 3.05) is 0 Å². The summed E-state index contributed by atoms with van der Waals surface area (Å²) in [7, 11) is 4.70. The van der Waals surface area contributed by atoms with E-state index in [1.165, 1.54) is 31.7 Å². The lowest BCUT2D eigenvalue weighted by molar-refractivity contribution is 1.05. The van der Waals surface area contributed by atoms with Crippen molar-refractivity contribution in [3.63, 3.8) is 0 Å². The van der Waals surface area contributed by atoms with E-state index in [0.717, 1.165) is 0 Å². The van der Waals surface area contributed by atoms with Gasteiger partial charge in [0.1, 0.15) is 14.6 Å². The first-order chi connectivity index (χ1) is 4.41. The van der Waals surface area contributed by atoms with Gasteiger partial charge in [0.25, 0.3) is 0 Å². The second-order valence-electron chi connectivity index (χ2n) is 2.32. The van der Waals surface area contributed by atoms with Crippen molar-refractivity contribution in [3.8, 4) is 0 Å². The summed E-state index contributed by atoms with van der Waals surface area (Å²) in [5, 5.41) is 0. The van der Waals surface area contributed by atoms with Crippen LogP contribution in [0.25, 0.3) is 0 Å². The highest BCUT2D eigenvalue weighted by atomic mass is 13.7. The predicted octanol–water partition coefficient (Wildman–Crippen LogP) is 2.50. The maximum absolute atomic E-state index is 2.35. The molecule has 0 aromatic heterocycles. The van der Waals surface area contributed by atoms with E-state index in [-0.39, 0.29) is 0 Å². The quantitative estimate of drug-likeness (QED) is 0.374. The lowest BCUT2D eigenvalue weighted by atomic mass is 9.64. The van der Waals surface area contributed by atoms with Gasteiger partial charge in [-0.2, -0.15) is 0 Å². The zero-order valence-corrected chi connectivity index (χ0v) is 6.69. The highest BCUT2D eigenvalue weighted by Crippen LogP contribution is 1.97. The van der Waals surface area contributed by atoms with Crippen LogP contribution in [-0.2, 0) is 0 Å². The van der Waals surface area contributed by atoms with Gasteiger partial charge in [-0.1, -0.05) is 45.5 Å². The first-order valence-corrected chi connectivity index (χ1v) is 4.05. The zero-order chi connectivity index (χ0) is 6.95. The second-order valence-corrected chi connectivity index (χ2v) is 2.32. The number of hydrogen-bond acceptors (Lipinski definition) is 0. The van der Waals surface area contributed by atoms with Crippen LogP contribution in [0.2, 0.25) is 25.3 Å². The number of rotatable bonds is 6. The Labute approximate surface area is 60.9 Å². The SMILES string of the molecule is CC[B]CCC[B]CC. The monoisotopic (exact) mass is 122 g/mol. The standard InChI is InChI=1S/C7H16B2/c1-3-8-6-5-7-9-4-2/h3-7H2,1-2H3. The summed E-state index contributed by atoms with van der Waals surface area (Å²) in [5.41, 5.74) is 0. The molecule has 0 saturated carbocycles. The van der Waals surface area contributed by atoms with Gasteiger partial charge in [0, 0.05) is 0 Å². The Balaban J connectivity index is 2.60. The molecule has 0 fully saturated rings. The van der Waals surface area contributed by atoms with Crippen molar-refractivity contribution in [1.82, 2.24) is 0 Å². The minimum Gasteiger partial charge on any atom is -0.0831 e. The maximum Gasteiger partial charge on any atom is 0.109 e. The molecule has 0 unspecified atom stereocenters. The van der Waals surface area contributed by atoms with Crippen LogP contribution in [0.4, 0.5) is 0 Å². The second kappa shape index (κ2) is 8.13. The lowest BCUT2D eigenvalue weighted by Gasteiger charge is -1.93. The number of hydrogen-bond donors (Lipinski definition) is 0. The van der Waals surface area contributed by atoms with Gasteiger partial charge in [-0.25, -0.2) is 0 Å². The minimum atomic E-state index is 1.23. The summed E-state index contributed by atoms with van der Waals surface area (Å²) in [6.45, 7) is 4.40. The summed E-state index contributed by atoms with van der Waals surface area (Å²) in [6, 6.07) is 0. The summed E-state index contributed by atoms with van der Waals surface area (Å²) < 4.78 is 0. The third-order valence-corrected chi connectivity index (χ3v) is 1.39.